The van der Waals surface area contributed by atoms with Crippen LogP contribution in [0.1, 0.15) is 6.42 Å². The number of nitrogens with one attached hydrogen (secondary N) is 1. The van der Waals surface area contributed by atoms with Crippen molar-refractivity contribution in [3.05, 3.63) is 30.3 Å². The standard InChI is InChI=1S/C12H15NO2S/c1-15-12(14)11-7-10(8-13-11)16-9-5-3-2-4-6-9/h2-6,10-11,13H,7-8H2,1H3/t10-,11-/m0/s1. The zero-order chi connectivity index (χ0) is 11.4. The van der Waals surface area contributed by atoms with Gasteiger partial charge < -0.3 is 10.1 Å². The molecule has 0 unspecified atom stereocenters. The van der Waals surface area contributed by atoms with Gasteiger partial charge in [0, 0.05) is 16.7 Å². The molecule has 3 nitrogen and oxygen atoms in total. The number of carbonyl (C=O) groups excluding carboxylic acids is 1. The maximum atomic E-state index is 11.3. The van der Waals surface area contributed by atoms with Crippen LogP contribution < -0.4 is 5.32 Å². The minimum Gasteiger partial charge on any atom is -0.468 e. The quantitative estimate of drug-likeness (QED) is 0.812. The molecule has 0 amide bonds. The Balaban J connectivity index is 1.88. The zero-order valence-electron chi connectivity index (χ0n) is 9.18. The van der Waals surface area contributed by atoms with Crippen molar-refractivity contribution in [3.8, 4) is 0 Å². The van der Waals surface area contributed by atoms with Crippen LogP contribution in [0.3, 0.4) is 0 Å². The molecule has 1 saturated heterocycles. The van der Waals surface area contributed by atoms with E-state index in [4.69, 9.17) is 4.74 Å². The van der Waals surface area contributed by atoms with E-state index >= 15 is 0 Å². The van der Waals surface area contributed by atoms with Crippen molar-refractivity contribution in [2.75, 3.05) is 13.7 Å². The molecule has 1 aromatic carbocycles. The molecular formula is C12H15NO2S. The van der Waals surface area contributed by atoms with Crippen LogP contribution in [0.4, 0.5) is 0 Å². The Labute approximate surface area is 99.6 Å². The van der Waals surface area contributed by atoms with E-state index in [9.17, 15) is 4.79 Å². The van der Waals surface area contributed by atoms with Crippen molar-refractivity contribution in [2.45, 2.75) is 22.6 Å². The number of carbonyl (C=O) groups is 1. The number of methoxy groups -OCH3 is 1. The fourth-order valence-electron chi connectivity index (χ4n) is 1.81. The van der Waals surface area contributed by atoms with Crippen LogP contribution in [0.25, 0.3) is 0 Å². The van der Waals surface area contributed by atoms with Gasteiger partial charge in [-0.05, 0) is 18.6 Å². The summed E-state index contributed by atoms with van der Waals surface area (Å²) in [5.74, 6) is -0.156. The van der Waals surface area contributed by atoms with Gasteiger partial charge in [-0.3, -0.25) is 4.79 Å². The van der Waals surface area contributed by atoms with E-state index in [2.05, 4.69) is 17.4 Å². The summed E-state index contributed by atoms with van der Waals surface area (Å²) >= 11 is 1.81. The first-order valence-corrected chi connectivity index (χ1v) is 6.20. The monoisotopic (exact) mass is 237 g/mol. The van der Waals surface area contributed by atoms with Gasteiger partial charge in [0.2, 0.25) is 0 Å². The molecule has 1 heterocycles. The normalized spacial score (nSPS) is 24.3. The van der Waals surface area contributed by atoms with Crippen LogP contribution in [0.2, 0.25) is 0 Å². The summed E-state index contributed by atoms with van der Waals surface area (Å²) in [5, 5.41) is 3.63. The Morgan fingerprint density at radius 2 is 2.19 bits per heavy atom. The Morgan fingerprint density at radius 3 is 2.88 bits per heavy atom. The highest BCUT2D eigenvalue weighted by molar-refractivity contribution is 8.00. The Bertz CT molecular complexity index is 355. The lowest BCUT2D eigenvalue weighted by atomic mass is 10.2. The van der Waals surface area contributed by atoms with Crippen LogP contribution in [0.15, 0.2) is 35.2 Å². The Kier molecular flexibility index (Phi) is 3.85. The number of thioether (sulfide) groups is 1. The van der Waals surface area contributed by atoms with Crippen molar-refractivity contribution in [2.24, 2.45) is 0 Å². The molecule has 86 valence electrons. The molecule has 16 heavy (non-hydrogen) atoms. The van der Waals surface area contributed by atoms with Crippen molar-refractivity contribution < 1.29 is 9.53 Å². The Hall–Kier alpha value is -1.00. The van der Waals surface area contributed by atoms with Gasteiger partial charge in [0.15, 0.2) is 0 Å². The first-order valence-electron chi connectivity index (χ1n) is 5.32. The van der Waals surface area contributed by atoms with Gasteiger partial charge in [0.25, 0.3) is 0 Å². The van der Waals surface area contributed by atoms with E-state index in [-0.39, 0.29) is 12.0 Å². The molecule has 0 saturated carbocycles. The molecule has 1 aliphatic heterocycles. The molecule has 4 heteroatoms. The highest BCUT2D eigenvalue weighted by atomic mass is 32.2. The average Bonchev–Trinajstić information content (AvgIpc) is 2.78. The summed E-state index contributed by atoms with van der Waals surface area (Å²) in [5.41, 5.74) is 0. The van der Waals surface area contributed by atoms with Crippen molar-refractivity contribution >= 4 is 17.7 Å². The molecule has 2 rings (SSSR count). The second-order valence-electron chi connectivity index (χ2n) is 3.77. The minimum atomic E-state index is -0.156. The van der Waals surface area contributed by atoms with Crippen LogP contribution in [0, 0.1) is 0 Å². The topological polar surface area (TPSA) is 38.3 Å². The summed E-state index contributed by atoms with van der Waals surface area (Å²) in [4.78, 5) is 12.6. The van der Waals surface area contributed by atoms with Gasteiger partial charge in [-0.1, -0.05) is 18.2 Å². The third kappa shape index (κ3) is 2.77. The predicted octanol–water partition coefficient (Wildman–Crippen LogP) is 1.68. The summed E-state index contributed by atoms with van der Waals surface area (Å²) in [6, 6.07) is 10.1. The molecule has 1 N–H and O–H groups in total. The van der Waals surface area contributed by atoms with Gasteiger partial charge in [-0.25, -0.2) is 0 Å². The van der Waals surface area contributed by atoms with Crippen LogP contribution in [-0.4, -0.2) is 30.9 Å². The second-order valence-corrected chi connectivity index (χ2v) is 5.15. The molecule has 2 atom stereocenters. The molecule has 0 radical (unpaired) electrons. The fraction of sp³-hybridized carbons (Fsp3) is 0.417. The number of hydrogen-bond acceptors (Lipinski definition) is 4. The van der Waals surface area contributed by atoms with Gasteiger partial charge in [-0.15, -0.1) is 11.8 Å². The maximum absolute atomic E-state index is 11.3. The smallest absolute Gasteiger partial charge is 0.322 e. The first kappa shape index (κ1) is 11.5. The summed E-state index contributed by atoms with van der Waals surface area (Å²) in [6.07, 6.45) is 0.840. The van der Waals surface area contributed by atoms with E-state index < -0.39 is 0 Å². The molecule has 1 fully saturated rings. The van der Waals surface area contributed by atoms with E-state index in [1.54, 1.807) is 0 Å². The Morgan fingerprint density at radius 1 is 1.44 bits per heavy atom. The number of rotatable bonds is 3. The van der Waals surface area contributed by atoms with Gasteiger partial charge in [-0.2, -0.15) is 0 Å². The lowest BCUT2D eigenvalue weighted by Crippen LogP contribution is -2.31. The molecule has 0 aromatic heterocycles. The largest absolute Gasteiger partial charge is 0.468 e. The molecule has 1 aliphatic rings. The third-order valence-electron chi connectivity index (χ3n) is 2.62. The van der Waals surface area contributed by atoms with Crippen molar-refractivity contribution in [1.29, 1.82) is 0 Å². The molecular weight excluding hydrogens is 222 g/mol. The number of ether oxygens (including phenoxy) is 1. The lowest BCUT2D eigenvalue weighted by molar-refractivity contribution is -0.142. The zero-order valence-corrected chi connectivity index (χ0v) is 10.00. The van der Waals surface area contributed by atoms with Crippen LogP contribution in [-0.2, 0) is 9.53 Å². The van der Waals surface area contributed by atoms with Gasteiger partial charge >= 0.3 is 5.97 Å². The number of benzene rings is 1. The van der Waals surface area contributed by atoms with Crippen molar-refractivity contribution in [3.63, 3.8) is 0 Å². The van der Waals surface area contributed by atoms with Crippen molar-refractivity contribution in [1.82, 2.24) is 5.32 Å². The second kappa shape index (κ2) is 5.37. The lowest BCUT2D eigenvalue weighted by Gasteiger charge is -2.08. The van der Waals surface area contributed by atoms with E-state index in [1.165, 1.54) is 12.0 Å². The fourth-order valence-corrected chi connectivity index (χ4v) is 2.97. The third-order valence-corrected chi connectivity index (χ3v) is 3.86. The summed E-state index contributed by atoms with van der Waals surface area (Å²) in [7, 11) is 1.43. The van der Waals surface area contributed by atoms with Crippen LogP contribution in [0.5, 0.6) is 0 Å². The van der Waals surface area contributed by atoms with E-state index in [0.29, 0.717) is 5.25 Å². The maximum Gasteiger partial charge on any atom is 0.322 e. The highest BCUT2D eigenvalue weighted by Gasteiger charge is 2.30. The molecule has 1 aromatic rings. The number of hydrogen-bond donors (Lipinski definition) is 1. The average molecular weight is 237 g/mol. The summed E-state index contributed by atoms with van der Waals surface area (Å²) in [6.45, 7) is 0.860. The van der Waals surface area contributed by atoms with E-state index in [0.717, 1.165) is 13.0 Å². The number of esters is 1. The first-order chi connectivity index (χ1) is 7.79. The summed E-state index contributed by atoms with van der Waals surface area (Å²) < 4.78 is 4.72. The molecule has 0 aliphatic carbocycles. The molecule has 0 bridgehead atoms. The SMILES string of the molecule is COC(=O)[C@@H]1C[C@H](Sc2ccccc2)CN1. The van der Waals surface area contributed by atoms with Gasteiger partial charge in [0.1, 0.15) is 6.04 Å². The molecule has 0 spiro atoms. The predicted molar refractivity (Wildman–Crippen MR) is 64.5 cm³/mol. The van der Waals surface area contributed by atoms with Crippen LogP contribution >= 0.6 is 11.8 Å². The highest BCUT2D eigenvalue weighted by Crippen LogP contribution is 2.28. The van der Waals surface area contributed by atoms with E-state index in [1.807, 2.05) is 30.0 Å². The minimum absolute atomic E-state index is 0.133. The van der Waals surface area contributed by atoms with Gasteiger partial charge in [0.05, 0.1) is 7.11 Å².